The van der Waals surface area contributed by atoms with Crippen molar-refractivity contribution in [2.75, 3.05) is 17.6 Å². The number of nitrogens with one attached hydrogen (secondary N) is 1. The molecule has 4 N–H and O–H groups in total. The number of carboxylic acids is 1. The van der Waals surface area contributed by atoms with E-state index in [2.05, 4.69) is 21.2 Å². The molecule has 3 rings (SSSR count). The van der Waals surface area contributed by atoms with Crippen LogP contribution < -0.4 is 5.32 Å². The second-order valence-electron chi connectivity index (χ2n) is 7.68. The van der Waals surface area contributed by atoms with Gasteiger partial charge in [-0.1, -0.05) is 29.8 Å². The number of phenolic OH excluding ortho intramolecular Hbond substituents is 1. The quantitative estimate of drug-likeness (QED) is 0.288. The molecule has 4 unspecified atom stereocenters. The molecule has 4 atom stereocenters. The number of alkyl halides is 1. The monoisotopic (exact) mass is 477 g/mol. The molecule has 156 valence electrons. The summed E-state index contributed by atoms with van der Waals surface area (Å²) in [4.78, 5) is 21.9. The molecule has 2 aliphatic rings. The van der Waals surface area contributed by atoms with Gasteiger partial charge in [-0.25, -0.2) is 0 Å². The lowest BCUT2D eigenvalue weighted by Crippen LogP contribution is -2.40. The van der Waals surface area contributed by atoms with Crippen LogP contribution in [0.1, 0.15) is 26.7 Å². The number of benzene rings is 1. The highest BCUT2D eigenvalue weighted by molar-refractivity contribution is 9.10. The molecule has 1 aromatic rings. The summed E-state index contributed by atoms with van der Waals surface area (Å²) >= 11 is 3.35. The van der Waals surface area contributed by atoms with Crippen LogP contribution in [0.5, 0.6) is 5.75 Å². The van der Waals surface area contributed by atoms with Gasteiger partial charge in [-0.2, -0.15) is 8.42 Å². The average Bonchev–Trinajstić information content (AvgIpc) is 2.89. The third-order valence-electron chi connectivity index (χ3n) is 5.98. The molecule has 0 radical (unpaired) electrons. The number of ketones is 1. The predicted molar refractivity (Wildman–Crippen MR) is 107 cm³/mol. The van der Waals surface area contributed by atoms with E-state index in [4.69, 9.17) is 14.8 Å². The van der Waals surface area contributed by atoms with E-state index >= 15 is 0 Å². The van der Waals surface area contributed by atoms with E-state index in [9.17, 15) is 18.0 Å². The molecule has 28 heavy (non-hydrogen) atoms. The van der Waals surface area contributed by atoms with Crippen LogP contribution in [0.3, 0.4) is 0 Å². The topological polar surface area (TPSA) is 141 Å². The number of rotatable bonds is 5. The van der Waals surface area contributed by atoms with Gasteiger partial charge in [-0.15, -0.1) is 0 Å². The number of aliphatic carboxylic acids is 1. The smallest absolute Gasteiger partial charge is 0.322 e. The second-order valence-corrected chi connectivity index (χ2v) is 10.1. The molecule has 0 aromatic heterocycles. The third kappa shape index (κ3) is 4.49. The van der Waals surface area contributed by atoms with Crippen molar-refractivity contribution in [1.82, 2.24) is 0 Å². The number of fused-ring (bicyclic) bond motifs is 2. The van der Waals surface area contributed by atoms with E-state index in [0.717, 1.165) is 6.42 Å². The number of hydrogen-bond acceptors (Lipinski definition) is 6. The highest BCUT2D eigenvalue weighted by atomic mass is 79.9. The van der Waals surface area contributed by atoms with Crippen LogP contribution in [0.15, 0.2) is 24.3 Å². The zero-order valence-corrected chi connectivity index (χ0v) is 18.0. The van der Waals surface area contributed by atoms with Gasteiger partial charge in [0.15, 0.2) is 5.78 Å². The molecule has 2 aliphatic carbocycles. The molecule has 2 saturated carbocycles. The van der Waals surface area contributed by atoms with Gasteiger partial charge in [0.2, 0.25) is 0 Å². The van der Waals surface area contributed by atoms with Crippen LogP contribution >= 0.6 is 15.9 Å². The summed E-state index contributed by atoms with van der Waals surface area (Å²) in [6, 6.07) is 6.20. The summed E-state index contributed by atoms with van der Waals surface area (Å²) in [6.45, 7) is 3.50. The van der Waals surface area contributed by atoms with Gasteiger partial charge >= 0.3 is 5.97 Å². The largest absolute Gasteiger partial charge is 0.508 e. The molecule has 0 spiro atoms. The van der Waals surface area contributed by atoms with E-state index < -0.39 is 26.9 Å². The van der Waals surface area contributed by atoms with E-state index in [-0.39, 0.29) is 34.6 Å². The van der Waals surface area contributed by atoms with Crippen molar-refractivity contribution < 1.29 is 32.8 Å². The number of phenols is 1. The molecular weight excluding hydrogens is 454 g/mol. The minimum Gasteiger partial charge on any atom is -0.508 e. The molecule has 10 heteroatoms. The first-order chi connectivity index (χ1) is 12.8. The summed E-state index contributed by atoms with van der Waals surface area (Å²) in [5.41, 5.74) is -0.594. The maximum atomic E-state index is 12.1. The average molecular weight is 478 g/mol. The first-order valence-electron chi connectivity index (χ1n) is 8.68. The lowest BCUT2D eigenvalue weighted by atomic mass is 9.70. The number of carboxylic acid groups (broad SMARTS) is 1. The number of aromatic hydroxyl groups is 1. The van der Waals surface area contributed by atoms with Crippen LogP contribution in [0.25, 0.3) is 0 Å². The minimum atomic E-state index is -4.05. The van der Waals surface area contributed by atoms with Crippen LogP contribution in [0, 0.1) is 16.7 Å². The number of carbonyl (C=O) groups is 2. The Morgan fingerprint density at radius 1 is 1.29 bits per heavy atom. The lowest BCUT2D eigenvalue weighted by Gasteiger charge is -2.35. The van der Waals surface area contributed by atoms with Gasteiger partial charge in [0.25, 0.3) is 10.1 Å². The van der Waals surface area contributed by atoms with Crippen molar-refractivity contribution in [3.8, 4) is 5.75 Å². The summed E-state index contributed by atoms with van der Waals surface area (Å²) in [7, 11) is -4.05. The Hall–Kier alpha value is -1.65. The molecule has 0 aliphatic heterocycles. The van der Waals surface area contributed by atoms with Gasteiger partial charge in [-0.05, 0) is 43.0 Å². The van der Waals surface area contributed by atoms with Gasteiger partial charge in [0, 0.05) is 16.5 Å². The van der Waals surface area contributed by atoms with Crippen molar-refractivity contribution in [2.45, 2.75) is 31.5 Å². The van der Waals surface area contributed by atoms with E-state index in [0.29, 0.717) is 12.1 Å². The molecule has 0 saturated heterocycles. The molecule has 0 heterocycles. The number of halogens is 1. The number of carbonyl (C=O) groups excluding carboxylic acids is 1. The minimum absolute atomic E-state index is 0.00641. The van der Waals surface area contributed by atoms with Crippen molar-refractivity contribution in [3.05, 3.63) is 24.3 Å². The zero-order valence-electron chi connectivity index (χ0n) is 15.6. The maximum Gasteiger partial charge on any atom is 0.322 e. The van der Waals surface area contributed by atoms with Gasteiger partial charge in [-0.3, -0.25) is 14.1 Å². The SMILES string of the molecule is CC12CCC(C(Br)C1=O)C2(C)CS(=O)(=O)O.O=C(O)CNc1ccc(O)cc1. The Balaban J connectivity index is 0.000000209. The third-order valence-corrected chi connectivity index (χ3v) is 7.99. The van der Waals surface area contributed by atoms with E-state index in [1.807, 2.05) is 6.92 Å². The molecular formula is C18H24BrNO7S. The van der Waals surface area contributed by atoms with Crippen molar-refractivity contribution >= 4 is 43.5 Å². The van der Waals surface area contributed by atoms with Crippen LogP contribution in [0.2, 0.25) is 0 Å². The van der Waals surface area contributed by atoms with E-state index in [1.165, 1.54) is 12.1 Å². The van der Waals surface area contributed by atoms with Crippen LogP contribution in [-0.2, 0) is 19.7 Å². The normalized spacial score (nSPS) is 31.2. The van der Waals surface area contributed by atoms with Gasteiger partial charge in [0.1, 0.15) is 12.3 Å². The predicted octanol–water partition coefficient (Wildman–Crippen LogP) is 2.53. The lowest BCUT2D eigenvalue weighted by molar-refractivity contribution is -0.135. The van der Waals surface area contributed by atoms with E-state index in [1.54, 1.807) is 19.1 Å². The van der Waals surface area contributed by atoms with Crippen molar-refractivity contribution in [3.63, 3.8) is 0 Å². The fourth-order valence-corrected chi connectivity index (χ4v) is 6.86. The standard InChI is InChI=1S/C10H15BrO4S.C8H9NO3/c1-9-4-3-6(7(11)8(9)12)10(9,2)5-16(13,14)15;10-7-3-1-6(2-4-7)9-5-8(11)12/h6-7H,3-5H2,1-2H3,(H,13,14,15);1-4,9-10H,5H2,(H,11,12). The Morgan fingerprint density at radius 3 is 2.29 bits per heavy atom. The Morgan fingerprint density at radius 2 is 1.86 bits per heavy atom. The zero-order chi connectivity index (χ0) is 21.3. The van der Waals surface area contributed by atoms with Gasteiger partial charge in [0.05, 0.1) is 10.6 Å². The molecule has 2 fully saturated rings. The highest BCUT2D eigenvalue weighted by Gasteiger charge is 2.68. The Labute approximate surface area is 172 Å². The molecule has 8 nitrogen and oxygen atoms in total. The summed E-state index contributed by atoms with van der Waals surface area (Å²) < 4.78 is 31.2. The first-order valence-corrected chi connectivity index (χ1v) is 11.2. The Kier molecular flexibility index (Phi) is 6.47. The number of anilines is 1. The first kappa shape index (κ1) is 22.6. The summed E-state index contributed by atoms with van der Waals surface area (Å²) in [5.74, 6) is -0.990. The molecule has 2 bridgehead atoms. The molecule has 1 aromatic carbocycles. The maximum absolute atomic E-state index is 12.1. The Bertz CT molecular complexity index is 857. The molecule has 0 amide bonds. The second kappa shape index (κ2) is 8.00. The fraction of sp³-hybridized carbons (Fsp3) is 0.556. The fourth-order valence-electron chi connectivity index (χ4n) is 4.22. The summed E-state index contributed by atoms with van der Waals surface area (Å²) in [6.07, 6.45) is 1.55. The highest BCUT2D eigenvalue weighted by Crippen LogP contribution is 2.65. The van der Waals surface area contributed by atoms with Crippen molar-refractivity contribution in [1.29, 1.82) is 0 Å². The van der Waals surface area contributed by atoms with Gasteiger partial charge < -0.3 is 15.5 Å². The van der Waals surface area contributed by atoms with Crippen LogP contribution in [-0.4, -0.2) is 52.1 Å². The number of hydrogen-bond donors (Lipinski definition) is 4. The summed E-state index contributed by atoms with van der Waals surface area (Å²) in [5, 5.41) is 19.9. The number of Topliss-reactive ketones (excluding diaryl/α,β-unsaturated/α-hetero) is 1. The van der Waals surface area contributed by atoms with Crippen molar-refractivity contribution in [2.24, 2.45) is 16.7 Å². The van der Waals surface area contributed by atoms with Crippen LogP contribution in [0.4, 0.5) is 5.69 Å².